The van der Waals surface area contributed by atoms with E-state index in [9.17, 15) is 18.0 Å². The number of amides is 1. The molecular weight excluding hydrogens is 457 g/mol. The standard InChI is InChI=1S/C18H20BrF3N4OS/c1-10-5-2-3-7-25(10)17(27)15-14(19)16-23-11(12-6-4-8-28-12)9-13(18(20,21)22)26(16)24-15/h4,6,8,10-11,13,23H,2-3,5,7,9H2,1H3/t10-,11+,13-/m1/s1. The number of piperidine rings is 1. The topological polar surface area (TPSA) is 50.2 Å². The van der Waals surface area contributed by atoms with E-state index in [0.29, 0.717) is 11.0 Å². The summed E-state index contributed by atoms with van der Waals surface area (Å²) in [5.74, 6) is -0.114. The van der Waals surface area contributed by atoms with E-state index >= 15 is 0 Å². The van der Waals surface area contributed by atoms with Crippen LogP contribution in [-0.2, 0) is 0 Å². The number of likely N-dealkylation sites (tertiary alicyclic amines) is 1. The second kappa shape index (κ2) is 7.37. The molecule has 2 aromatic heterocycles. The number of hydrogen-bond acceptors (Lipinski definition) is 4. The van der Waals surface area contributed by atoms with Crippen molar-refractivity contribution in [1.82, 2.24) is 14.7 Å². The fraction of sp³-hybridized carbons (Fsp3) is 0.556. The SMILES string of the molecule is C[C@@H]1CCCCN1C(=O)c1nn2c(c1Br)N[C@H](c1cccs1)C[C@@H]2C(F)(F)F. The number of anilines is 1. The lowest BCUT2D eigenvalue weighted by Crippen LogP contribution is -2.42. The number of carbonyl (C=O) groups excluding carboxylic acids is 1. The third kappa shape index (κ3) is 3.45. The summed E-state index contributed by atoms with van der Waals surface area (Å²) in [4.78, 5) is 15.6. The fourth-order valence-electron chi connectivity index (χ4n) is 3.94. The van der Waals surface area contributed by atoms with Gasteiger partial charge in [-0.3, -0.25) is 4.79 Å². The van der Waals surface area contributed by atoms with Gasteiger partial charge in [0.2, 0.25) is 0 Å². The Morgan fingerprint density at radius 3 is 2.82 bits per heavy atom. The van der Waals surface area contributed by atoms with Crippen LogP contribution in [0.5, 0.6) is 0 Å². The summed E-state index contributed by atoms with van der Waals surface area (Å²) in [5.41, 5.74) is 0.0392. The highest BCUT2D eigenvalue weighted by Crippen LogP contribution is 2.47. The normalized spacial score (nSPS) is 25.3. The van der Waals surface area contributed by atoms with Gasteiger partial charge in [0, 0.05) is 23.9 Å². The van der Waals surface area contributed by atoms with Crippen molar-refractivity contribution in [3.05, 3.63) is 32.6 Å². The maximum Gasteiger partial charge on any atom is 0.410 e. The van der Waals surface area contributed by atoms with E-state index in [2.05, 4.69) is 26.3 Å². The van der Waals surface area contributed by atoms with Gasteiger partial charge in [0.25, 0.3) is 5.91 Å². The minimum Gasteiger partial charge on any atom is -0.362 e. The summed E-state index contributed by atoms with van der Waals surface area (Å²) in [6.45, 7) is 2.56. The van der Waals surface area contributed by atoms with Crippen molar-refractivity contribution in [1.29, 1.82) is 0 Å². The number of thiophene rings is 1. The van der Waals surface area contributed by atoms with E-state index in [1.807, 2.05) is 24.4 Å². The number of fused-ring (bicyclic) bond motifs is 1. The molecule has 152 valence electrons. The lowest BCUT2D eigenvalue weighted by atomic mass is 10.0. The Labute approximate surface area is 173 Å². The molecular formula is C18H20BrF3N4OS. The first kappa shape index (κ1) is 19.8. The molecule has 2 aliphatic rings. The van der Waals surface area contributed by atoms with Gasteiger partial charge < -0.3 is 10.2 Å². The number of nitrogens with zero attached hydrogens (tertiary/aromatic N) is 3. The third-order valence-corrected chi connectivity index (χ3v) is 7.19. The van der Waals surface area contributed by atoms with Crippen LogP contribution in [0.4, 0.5) is 19.0 Å². The van der Waals surface area contributed by atoms with Gasteiger partial charge in [-0.1, -0.05) is 6.07 Å². The van der Waals surface area contributed by atoms with E-state index in [1.54, 1.807) is 4.90 Å². The lowest BCUT2D eigenvalue weighted by molar-refractivity contribution is -0.173. The molecule has 2 aliphatic heterocycles. The number of halogens is 4. The molecule has 4 heterocycles. The van der Waals surface area contributed by atoms with Crippen LogP contribution in [0.3, 0.4) is 0 Å². The molecule has 0 unspecified atom stereocenters. The van der Waals surface area contributed by atoms with Crippen molar-refractivity contribution in [3.8, 4) is 0 Å². The number of hydrogen-bond donors (Lipinski definition) is 1. The molecule has 1 fully saturated rings. The zero-order valence-corrected chi connectivity index (χ0v) is 17.6. The Morgan fingerprint density at radius 2 is 2.18 bits per heavy atom. The van der Waals surface area contributed by atoms with Crippen LogP contribution in [0.25, 0.3) is 0 Å². The summed E-state index contributed by atoms with van der Waals surface area (Å²) in [6.07, 6.45) is -1.80. The first-order chi connectivity index (χ1) is 13.3. The molecule has 1 amide bonds. The number of aromatic nitrogens is 2. The van der Waals surface area contributed by atoms with Gasteiger partial charge >= 0.3 is 6.18 Å². The highest BCUT2D eigenvalue weighted by atomic mass is 79.9. The Hall–Kier alpha value is -1.55. The number of nitrogens with one attached hydrogen (secondary N) is 1. The molecule has 4 rings (SSSR count). The average Bonchev–Trinajstić information content (AvgIpc) is 3.29. The molecule has 0 radical (unpaired) electrons. The molecule has 1 saturated heterocycles. The van der Waals surface area contributed by atoms with Crippen LogP contribution >= 0.6 is 27.3 Å². The average molecular weight is 477 g/mol. The van der Waals surface area contributed by atoms with Gasteiger partial charge in [-0.2, -0.15) is 18.3 Å². The van der Waals surface area contributed by atoms with Crippen molar-refractivity contribution in [2.75, 3.05) is 11.9 Å². The number of carbonyl (C=O) groups is 1. The van der Waals surface area contributed by atoms with E-state index < -0.39 is 18.3 Å². The van der Waals surface area contributed by atoms with Gasteiger partial charge in [0.1, 0.15) is 5.82 Å². The molecule has 3 atom stereocenters. The number of alkyl halides is 3. The van der Waals surface area contributed by atoms with E-state index in [1.165, 1.54) is 11.3 Å². The molecule has 28 heavy (non-hydrogen) atoms. The second-order valence-electron chi connectivity index (χ2n) is 7.30. The summed E-state index contributed by atoms with van der Waals surface area (Å²) in [5, 5.41) is 9.12. The maximum atomic E-state index is 13.8. The largest absolute Gasteiger partial charge is 0.410 e. The fourth-order valence-corrected chi connectivity index (χ4v) is 5.27. The first-order valence-corrected chi connectivity index (χ1v) is 10.9. The highest BCUT2D eigenvalue weighted by Gasteiger charge is 2.48. The minimum absolute atomic E-state index is 0.0392. The number of rotatable bonds is 2. The molecule has 10 heteroatoms. The predicted octanol–water partition coefficient (Wildman–Crippen LogP) is 5.38. The third-order valence-electron chi connectivity index (χ3n) is 5.45. The molecule has 0 saturated carbocycles. The molecule has 0 aliphatic carbocycles. The van der Waals surface area contributed by atoms with Crippen LogP contribution in [-0.4, -0.2) is 39.4 Å². The van der Waals surface area contributed by atoms with E-state index in [-0.39, 0.29) is 29.9 Å². The van der Waals surface area contributed by atoms with Crippen LogP contribution in [0.15, 0.2) is 22.0 Å². The van der Waals surface area contributed by atoms with Crippen molar-refractivity contribution >= 4 is 39.0 Å². The van der Waals surface area contributed by atoms with E-state index in [4.69, 9.17) is 0 Å². The minimum atomic E-state index is -4.46. The predicted molar refractivity (Wildman–Crippen MR) is 105 cm³/mol. The van der Waals surface area contributed by atoms with Gasteiger partial charge in [0.05, 0.1) is 10.5 Å². The monoisotopic (exact) mass is 476 g/mol. The summed E-state index contributed by atoms with van der Waals surface area (Å²) >= 11 is 4.76. The molecule has 0 spiro atoms. The summed E-state index contributed by atoms with van der Waals surface area (Å²) in [7, 11) is 0. The summed E-state index contributed by atoms with van der Waals surface area (Å²) < 4.78 is 42.6. The highest BCUT2D eigenvalue weighted by molar-refractivity contribution is 9.10. The molecule has 5 nitrogen and oxygen atoms in total. The van der Waals surface area contributed by atoms with Crippen molar-refractivity contribution in [2.24, 2.45) is 0 Å². The Morgan fingerprint density at radius 1 is 1.39 bits per heavy atom. The van der Waals surface area contributed by atoms with Gasteiger partial charge in [-0.25, -0.2) is 4.68 Å². The van der Waals surface area contributed by atoms with Crippen LogP contribution in [0, 0.1) is 0 Å². The zero-order valence-electron chi connectivity index (χ0n) is 15.2. The molecule has 2 aromatic rings. The molecule has 0 aromatic carbocycles. The van der Waals surface area contributed by atoms with Gasteiger partial charge in [-0.15, -0.1) is 11.3 Å². The zero-order chi connectivity index (χ0) is 20.1. The van der Waals surface area contributed by atoms with E-state index in [0.717, 1.165) is 28.8 Å². The first-order valence-electron chi connectivity index (χ1n) is 9.23. The van der Waals surface area contributed by atoms with Gasteiger partial charge in [0.15, 0.2) is 11.7 Å². The Bertz CT molecular complexity index is 867. The Kier molecular flexibility index (Phi) is 5.20. The second-order valence-corrected chi connectivity index (χ2v) is 9.08. The molecule has 0 bridgehead atoms. The summed E-state index contributed by atoms with van der Waals surface area (Å²) in [6, 6.07) is 1.42. The van der Waals surface area contributed by atoms with Crippen molar-refractivity contribution in [2.45, 2.75) is 56.9 Å². The smallest absolute Gasteiger partial charge is 0.362 e. The maximum absolute atomic E-state index is 13.8. The lowest BCUT2D eigenvalue weighted by Gasteiger charge is -2.33. The molecule has 1 N–H and O–H groups in total. The van der Waals surface area contributed by atoms with Gasteiger partial charge in [-0.05, 0) is 53.6 Å². The van der Waals surface area contributed by atoms with Crippen LogP contribution in [0.2, 0.25) is 0 Å². The quantitative estimate of drug-likeness (QED) is 0.632. The Balaban J connectivity index is 1.73. The van der Waals surface area contributed by atoms with Crippen LogP contribution in [0.1, 0.15) is 60.1 Å². The van der Waals surface area contributed by atoms with Crippen LogP contribution < -0.4 is 5.32 Å². The van der Waals surface area contributed by atoms with Crippen molar-refractivity contribution in [3.63, 3.8) is 0 Å². The van der Waals surface area contributed by atoms with Crippen molar-refractivity contribution < 1.29 is 18.0 Å².